The zero-order valence-electron chi connectivity index (χ0n) is 11.7. The Bertz CT molecular complexity index is 722. The highest BCUT2D eigenvalue weighted by atomic mass is 16.5. The highest BCUT2D eigenvalue weighted by Gasteiger charge is 2.19. The molecule has 106 valence electrons. The first-order valence-electron chi connectivity index (χ1n) is 6.75. The van der Waals surface area contributed by atoms with Crippen LogP contribution in [0.4, 0.5) is 5.69 Å². The summed E-state index contributed by atoms with van der Waals surface area (Å²) in [6.45, 7) is 0. The summed E-state index contributed by atoms with van der Waals surface area (Å²) >= 11 is 0. The van der Waals surface area contributed by atoms with Crippen molar-refractivity contribution in [1.29, 1.82) is 0 Å². The lowest BCUT2D eigenvalue weighted by atomic mass is 10.00. The number of amides is 1. The molecule has 4 heteroatoms. The normalized spacial score (nSPS) is 12.7. The molecule has 0 aromatic heterocycles. The molecule has 0 saturated carbocycles. The molecule has 0 unspecified atom stereocenters. The number of nitrogens with one attached hydrogen (secondary N) is 1. The van der Waals surface area contributed by atoms with E-state index in [1.54, 1.807) is 25.3 Å². The maximum Gasteiger partial charge on any atom is 0.228 e. The lowest BCUT2D eigenvalue weighted by molar-refractivity contribution is -0.115. The van der Waals surface area contributed by atoms with Crippen LogP contribution >= 0.6 is 0 Å². The van der Waals surface area contributed by atoms with Crippen molar-refractivity contribution in [3.63, 3.8) is 0 Å². The summed E-state index contributed by atoms with van der Waals surface area (Å²) in [5.74, 6) is 0.699. The van der Waals surface area contributed by atoms with Crippen molar-refractivity contribution < 1.29 is 14.3 Å². The number of para-hydroxylation sites is 1. The molecular weight excluding hydrogens is 266 g/mol. The van der Waals surface area contributed by atoms with Crippen LogP contribution in [-0.2, 0) is 17.6 Å². The van der Waals surface area contributed by atoms with Crippen LogP contribution in [-0.4, -0.2) is 18.8 Å². The quantitative estimate of drug-likeness (QED) is 0.876. The summed E-state index contributed by atoms with van der Waals surface area (Å²) in [5, 5.41) is 2.76. The van der Waals surface area contributed by atoms with Gasteiger partial charge in [0.05, 0.1) is 13.5 Å². The minimum atomic E-state index is -0.0284. The summed E-state index contributed by atoms with van der Waals surface area (Å²) in [5.41, 5.74) is 3.16. The van der Waals surface area contributed by atoms with E-state index in [1.807, 2.05) is 24.3 Å². The largest absolute Gasteiger partial charge is 0.496 e. The molecule has 1 aliphatic heterocycles. The van der Waals surface area contributed by atoms with Crippen molar-refractivity contribution in [1.82, 2.24) is 0 Å². The van der Waals surface area contributed by atoms with Gasteiger partial charge in [0.1, 0.15) is 5.75 Å². The lowest BCUT2D eigenvalue weighted by Crippen LogP contribution is -2.05. The number of anilines is 1. The monoisotopic (exact) mass is 281 g/mol. The highest BCUT2D eigenvalue weighted by Crippen LogP contribution is 2.25. The molecule has 4 nitrogen and oxygen atoms in total. The summed E-state index contributed by atoms with van der Waals surface area (Å²) in [6, 6.07) is 12.8. The van der Waals surface area contributed by atoms with E-state index in [4.69, 9.17) is 4.74 Å². The first-order valence-corrected chi connectivity index (χ1v) is 6.75. The van der Waals surface area contributed by atoms with Crippen LogP contribution in [0.15, 0.2) is 42.5 Å². The Hall–Kier alpha value is -2.62. The van der Waals surface area contributed by atoms with Gasteiger partial charge >= 0.3 is 0 Å². The van der Waals surface area contributed by atoms with Crippen LogP contribution in [0.25, 0.3) is 0 Å². The van der Waals surface area contributed by atoms with Gasteiger partial charge in [-0.05, 0) is 29.8 Å². The second-order valence-corrected chi connectivity index (χ2v) is 5.01. The smallest absolute Gasteiger partial charge is 0.228 e. The van der Waals surface area contributed by atoms with Crippen LogP contribution < -0.4 is 10.1 Å². The number of carbonyl (C=O) groups is 2. The molecule has 0 bridgehead atoms. The standard InChI is InChI=1S/C17H15NO3/c1-21-16-5-3-2-4-12(16)9-15(19)11-6-7-14-13(8-11)10-17(20)18-14/h2-8H,9-10H2,1H3,(H,18,20). The molecule has 21 heavy (non-hydrogen) atoms. The average Bonchev–Trinajstić information content (AvgIpc) is 2.86. The molecule has 0 atom stereocenters. The predicted molar refractivity (Wildman–Crippen MR) is 79.8 cm³/mol. The molecule has 1 N–H and O–H groups in total. The van der Waals surface area contributed by atoms with Gasteiger partial charge in [0, 0.05) is 23.2 Å². The van der Waals surface area contributed by atoms with E-state index in [9.17, 15) is 9.59 Å². The third-order valence-electron chi connectivity index (χ3n) is 3.60. The maximum absolute atomic E-state index is 12.4. The number of Topliss-reactive ketones (excluding diaryl/α,β-unsaturated/α-hetero) is 1. The number of methoxy groups -OCH3 is 1. The molecule has 2 aromatic rings. The van der Waals surface area contributed by atoms with E-state index in [0.717, 1.165) is 16.8 Å². The number of carbonyl (C=O) groups excluding carboxylic acids is 2. The Morgan fingerprint density at radius 2 is 2.05 bits per heavy atom. The van der Waals surface area contributed by atoms with Gasteiger partial charge < -0.3 is 10.1 Å². The van der Waals surface area contributed by atoms with Crippen LogP contribution in [0.2, 0.25) is 0 Å². The summed E-state index contributed by atoms with van der Waals surface area (Å²) in [6.07, 6.45) is 0.620. The zero-order valence-corrected chi connectivity index (χ0v) is 11.7. The van der Waals surface area contributed by atoms with Crippen molar-refractivity contribution in [3.05, 3.63) is 59.2 Å². The van der Waals surface area contributed by atoms with Gasteiger partial charge in [0.2, 0.25) is 5.91 Å². The second-order valence-electron chi connectivity index (χ2n) is 5.01. The summed E-state index contributed by atoms with van der Waals surface area (Å²) in [7, 11) is 1.59. The van der Waals surface area contributed by atoms with Gasteiger partial charge in [0.15, 0.2) is 5.78 Å². The molecule has 1 amide bonds. The fourth-order valence-corrected chi connectivity index (χ4v) is 2.53. The first-order chi connectivity index (χ1) is 10.2. The molecule has 0 saturated heterocycles. The van der Waals surface area contributed by atoms with Crippen LogP contribution in [0, 0.1) is 0 Å². The van der Waals surface area contributed by atoms with Gasteiger partial charge in [0.25, 0.3) is 0 Å². The summed E-state index contributed by atoms with van der Waals surface area (Å²) < 4.78 is 5.26. The van der Waals surface area contributed by atoms with Crippen molar-refractivity contribution in [2.75, 3.05) is 12.4 Å². The van der Waals surface area contributed by atoms with Crippen LogP contribution in [0.5, 0.6) is 5.75 Å². The van der Waals surface area contributed by atoms with Gasteiger partial charge in [-0.1, -0.05) is 18.2 Å². The van der Waals surface area contributed by atoms with E-state index in [0.29, 0.717) is 17.7 Å². The molecule has 0 fully saturated rings. The lowest BCUT2D eigenvalue weighted by Gasteiger charge is -2.08. The van der Waals surface area contributed by atoms with Gasteiger partial charge in [-0.3, -0.25) is 9.59 Å². The number of ether oxygens (including phenoxy) is 1. The number of hydrogen-bond acceptors (Lipinski definition) is 3. The SMILES string of the molecule is COc1ccccc1CC(=O)c1ccc2c(c1)CC(=O)N2. The van der Waals surface area contributed by atoms with E-state index in [-0.39, 0.29) is 18.1 Å². The molecule has 0 spiro atoms. The predicted octanol–water partition coefficient (Wildman–Crippen LogP) is 2.62. The fourth-order valence-electron chi connectivity index (χ4n) is 2.53. The highest BCUT2D eigenvalue weighted by molar-refractivity contribution is 6.02. The van der Waals surface area contributed by atoms with Crippen molar-refractivity contribution in [3.8, 4) is 5.75 Å². The molecule has 0 radical (unpaired) electrons. The maximum atomic E-state index is 12.4. The van der Waals surface area contributed by atoms with E-state index in [1.165, 1.54) is 0 Å². The van der Waals surface area contributed by atoms with E-state index < -0.39 is 0 Å². The zero-order chi connectivity index (χ0) is 14.8. The number of ketones is 1. The third-order valence-corrected chi connectivity index (χ3v) is 3.60. The number of benzene rings is 2. The van der Waals surface area contributed by atoms with Gasteiger partial charge in [-0.25, -0.2) is 0 Å². The molecule has 0 aliphatic carbocycles. The Labute approximate surface area is 122 Å². The Balaban J connectivity index is 1.83. The Kier molecular flexibility index (Phi) is 3.44. The fraction of sp³-hybridized carbons (Fsp3) is 0.176. The molecule has 1 heterocycles. The topological polar surface area (TPSA) is 55.4 Å². The Morgan fingerprint density at radius 3 is 2.86 bits per heavy atom. The Morgan fingerprint density at radius 1 is 1.24 bits per heavy atom. The molecule has 2 aromatic carbocycles. The van der Waals surface area contributed by atoms with Crippen LogP contribution in [0.3, 0.4) is 0 Å². The van der Waals surface area contributed by atoms with Gasteiger partial charge in [-0.2, -0.15) is 0 Å². The third kappa shape index (κ3) is 2.65. The van der Waals surface area contributed by atoms with Crippen molar-refractivity contribution in [2.45, 2.75) is 12.8 Å². The van der Waals surface area contributed by atoms with Crippen molar-refractivity contribution in [2.24, 2.45) is 0 Å². The molecule has 3 rings (SSSR count). The molecular formula is C17H15NO3. The van der Waals surface area contributed by atoms with Crippen LogP contribution in [0.1, 0.15) is 21.5 Å². The second kappa shape index (κ2) is 5.40. The van der Waals surface area contributed by atoms with E-state index >= 15 is 0 Å². The average molecular weight is 281 g/mol. The van der Waals surface area contributed by atoms with E-state index in [2.05, 4.69) is 5.32 Å². The number of fused-ring (bicyclic) bond motifs is 1. The van der Waals surface area contributed by atoms with Crippen molar-refractivity contribution >= 4 is 17.4 Å². The first kappa shape index (κ1) is 13.4. The minimum absolute atomic E-state index is 0.0154. The summed E-state index contributed by atoms with van der Waals surface area (Å²) in [4.78, 5) is 23.7. The van der Waals surface area contributed by atoms with Gasteiger partial charge in [-0.15, -0.1) is 0 Å². The minimum Gasteiger partial charge on any atom is -0.496 e. The number of rotatable bonds is 4. The molecule has 1 aliphatic rings. The number of hydrogen-bond donors (Lipinski definition) is 1.